The van der Waals surface area contributed by atoms with E-state index in [1.807, 2.05) is 12.3 Å². The fourth-order valence-electron chi connectivity index (χ4n) is 1.29. The minimum Gasteiger partial charge on any atom is -0.255 e. The van der Waals surface area contributed by atoms with Gasteiger partial charge in [0.15, 0.2) is 0 Å². The average molecular weight is 177 g/mol. The lowest BCUT2D eigenvalue weighted by Gasteiger charge is -2.00. The van der Waals surface area contributed by atoms with Crippen LogP contribution in [0.2, 0.25) is 0 Å². The van der Waals surface area contributed by atoms with E-state index in [4.69, 9.17) is 0 Å². The lowest BCUT2D eigenvalue weighted by molar-refractivity contribution is 0.877. The van der Waals surface area contributed by atoms with Gasteiger partial charge in [0, 0.05) is 6.20 Å². The largest absolute Gasteiger partial charge is 0.255 e. The van der Waals surface area contributed by atoms with Gasteiger partial charge in [-0.2, -0.15) is 0 Å². The van der Waals surface area contributed by atoms with Crippen molar-refractivity contribution in [2.45, 2.75) is 19.8 Å². The van der Waals surface area contributed by atoms with Crippen molar-refractivity contribution in [3.05, 3.63) is 29.3 Å². The maximum atomic E-state index is 4.37. The highest BCUT2D eigenvalue weighted by Gasteiger charge is 2.06. The standard InChI is InChI=1S/C10H11NS/c1-7(2)8-6-12-9-4-3-5-11-10(8)9/h3-7H,1-2H3. The highest BCUT2D eigenvalue weighted by atomic mass is 32.1. The Morgan fingerprint density at radius 3 is 3.00 bits per heavy atom. The molecule has 12 heavy (non-hydrogen) atoms. The number of hydrogen-bond acceptors (Lipinski definition) is 2. The monoisotopic (exact) mass is 177 g/mol. The molecule has 0 fully saturated rings. The second-order valence-electron chi connectivity index (χ2n) is 3.20. The average Bonchev–Trinajstić information content (AvgIpc) is 2.47. The van der Waals surface area contributed by atoms with E-state index in [1.165, 1.54) is 15.8 Å². The lowest BCUT2D eigenvalue weighted by Crippen LogP contribution is -1.85. The van der Waals surface area contributed by atoms with Crippen LogP contribution in [-0.2, 0) is 0 Å². The van der Waals surface area contributed by atoms with Crippen molar-refractivity contribution in [1.82, 2.24) is 4.98 Å². The first-order chi connectivity index (χ1) is 5.79. The third-order valence-electron chi connectivity index (χ3n) is 1.98. The summed E-state index contributed by atoms with van der Waals surface area (Å²) in [5.74, 6) is 0.577. The molecule has 0 spiro atoms. The molecule has 2 aromatic rings. The van der Waals surface area contributed by atoms with Crippen LogP contribution in [0.1, 0.15) is 25.3 Å². The Hall–Kier alpha value is -0.890. The van der Waals surface area contributed by atoms with E-state index >= 15 is 0 Å². The van der Waals surface area contributed by atoms with E-state index in [0.717, 1.165) is 0 Å². The van der Waals surface area contributed by atoms with Crippen LogP contribution >= 0.6 is 11.3 Å². The summed E-state index contributed by atoms with van der Waals surface area (Å²) in [5, 5.41) is 2.21. The Balaban J connectivity index is 2.70. The molecule has 2 heterocycles. The van der Waals surface area contributed by atoms with Gasteiger partial charge in [-0.25, -0.2) is 0 Å². The molecule has 0 aromatic carbocycles. The summed E-state index contributed by atoms with van der Waals surface area (Å²) in [6.45, 7) is 4.41. The van der Waals surface area contributed by atoms with Crippen molar-refractivity contribution >= 4 is 21.6 Å². The van der Waals surface area contributed by atoms with Crippen LogP contribution in [0, 0.1) is 0 Å². The van der Waals surface area contributed by atoms with Crippen LogP contribution in [0.4, 0.5) is 0 Å². The smallest absolute Gasteiger partial charge is 0.0844 e. The van der Waals surface area contributed by atoms with Gasteiger partial charge in [0.05, 0.1) is 10.2 Å². The highest BCUT2D eigenvalue weighted by molar-refractivity contribution is 7.17. The number of pyridine rings is 1. The fraction of sp³-hybridized carbons (Fsp3) is 0.300. The van der Waals surface area contributed by atoms with Crippen LogP contribution < -0.4 is 0 Å². The summed E-state index contributed by atoms with van der Waals surface area (Å²) in [5.41, 5.74) is 2.55. The van der Waals surface area contributed by atoms with E-state index in [-0.39, 0.29) is 0 Å². The Kier molecular flexibility index (Phi) is 1.85. The van der Waals surface area contributed by atoms with Gasteiger partial charge in [0.1, 0.15) is 0 Å². The molecular formula is C10H11NS. The first-order valence-electron chi connectivity index (χ1n) is 4.11. The molecule has 2 heteroatoms. The number of fused-ring (bicyclic) bond motifs is 1. The fourth-order valence-corrected chi connectivity index (χ4v) is 2.37. The van der Waals surface area contributed by atoms with Crippen molar-refractivity contribution in [2.75, 3.05) is 0 Å². The van der Waals surface area contributed by atoms with Gasteiger partial charge in [-0.3, -0.25) is 4.98 Å². The maximum absolute atomic E-state index is 4.37. The summed E-state index contributed by atoms with van der Waals surface area (Å²) in [4.78, 5) is 4.37. The number of hydrogen-bond donors (Lipinski definition) is 0. The second kappa shape index (κ2) is 2.87. The number of aromatic nitrogens is 1. The molecule has 1 nitrogen and oxygen atoms in total. The predicted octanol–water partition coefficient (Wildman–Crippen LogP) is 3.42. The molecule has 0 bridgehead atoms. The van der Waals surface area contributed by atoms with E-state index in [9.17, 15) is 0 Å². The molecule has 0 radical (unpaired) electrons. The van der Waals surface area contributed by atoms with E-state index in [2.05, 4.69) is 30.3 Å². The Morgan fingerprint density at radius 2 is 2.25 bits per heavy atom. The molecule has 0 aliphatic carbocycles. The summed E-state index contributed by atoms with van der Waals surface area (Å²) in [6, 6.07) is 4.11. The van der Waals surface area contributed by atoms with Crippen LogP contribution in [0.25, 0.3) is 10.2 Å². The topological polar surface area (TPSA) is 12.9 Å². The van der Waals surface area contributed by atoms with Gasteiger partial charge in [-0.15, -0.1) is 11.3 Å². The lowest BCUT2D eigenvalue weighted by atomic mass is 10.1. The molecule has 62 valence electrons. The van der Waals surface area contributed by atoms with Crippen LogP contribution in [0.15, 0.2) is 23.7 Å². The first-order valence-corrected chi connectivity index (χ1v) is 4.99. The van der Waals surface area contributed by atoms with Crippen LogP contribution in [-0.4, -0.2) is 4.98 Å². The van der Waals surface area contributed by atoms with E-state index in [1.54, 1.807) is 11.3 Å². The number of thiophene rings is 1. The van der Waals surface area contributed by atoms with Gasteiger partial charge in [-0.1, -0.05) is 13.8 Å². The van der Waals surface area contributed by atoms with Crippen molar-refractivity contribution in [2.24, 2.45) is 0 Å². The molecule has 0 saturated carbocycles. The summed E-state index contributed by atoms with van der Waals surface area (Å²) < 4.78 is 1.29. The van der Waals surface area contributed by atoms with Crippen molar-refractivity contribution in [1.29, 1.82) is 0 Å². The second-order valence-corrected chi connectivity index (χ2v) is 4.11. The summed E-state index contributed by atoms with van der Waals surface area (Å²) in [7, 11) is 0. The summed E-state index contributed by atoms with van der Waals surface area (Å²) in [6.07, 6.45) is 1.86. The maximum Gasteiger partial charge on any atom is 0.0844 e. The minimum atomic E-state index is 0.577. The van der Waals surface area contributed by atoms with Crippen LogP contribution in [0.5, 0.6) is 0 Å². The molecule has 2 rings (SSSR count). The summed E-state index contributed by atoms with van der Waals surface area (Å²) >= 11 is 1.78. The van der Waals surface area contributed by atoms with Crippen LogP contribution in [0.3, 0.4) is 0 Å². The predicted molar refractivity (Wildman–Crippen MR) is 53.7 cm³/mol. The quantitative estimate of drug-likeness (QED) is 0.650. The Bertz CT molecular complexity index is 389. The normalized spacial score (nSPS) is 11.2. The third-order valence-corrected chi connectivity index (χ3v) is 2.93. The molecule has 0 N–H and O–H groups in total. The number of rotatable bonds is 1. The zero-order valence-corrected chi connectivity index (χ0v) is 8.06. The molecule has 0 unspecified atom stereocenters. The highest BCUT2D eigenvalue weighted by Crippen LogP contribution is 2.28. The third kappa shape index (κ3) is 1.12. The van der Waals surface area contributed by atoms with Gasteiger partial charge in [0.25, 0.3) is 0 Å². The molecule has 0 aliphatic heterocycles. The molecule has 0 saturated heterocycles. The zero-order valence-electron chi connectivity index (χ0n) is 7.24. The van der Waals surface area contributed by atoms with E-state index in [0.29, 0.717) is 5.92 Å². The van der Waals surface area contributed by atoms with Crippen molar-refractivity contribution in [3.63, 3.8) is 0 Å². The Labute approximate surface area is 76.1 Å². The van der Waals surface area contributed by atoms with Gasteiger partial charge in [0.2, 0.25) is 0 Å². The first kappa shape index (κ1) is 7.74. The van der Waals surface area contributed by atoms with E-state index < -0.39 is 0 Å². The molecule has 0 amide bonds. The zero-order chi connectivity index (χ0) is 8.55. The van der Waals surface area contributed by atoms with Gasteiger partial charge >= 0.3 is 0 Å². The molecular weight excluding hydrogens is 166 g/mol. The van der Waals surface area contributed by atoms with Crippen molar-refractivity contribution < 1.29 is 0 Å². The molecule has 0 atom stereocenters. The Morgan fingerprint density at radius 1 is 1.42 bits per heavy atom. The molecule has 0 aliphatic rings. The van der Waals surface area contributed by atoms with Gasteiger partial charge < -0.3 is 0 Å². The van der Waals surface area contributed by atoms with Gasteiger partial charge in [-0.05, 0) is 29.0 Å². The minimum absolute atomic E-state index is 0.577. The number of nitrogens with zero attached hydrogens (tertiary/aromatic N) is 1. The SMILES string of the molecule is CC(C)c1csc2cccnc12. The van der Waals surface area contributed by atoms with Crippen molar-refractivity contribution in [3.8, 4) is 0 Å². The molecule has 2 aromatic heterocycles.